The lowest BCUT2D eigenvalue weighted by molar-refractivity contribution is 0.0669. The molecule has 3 heterocycles. The van der Waals surface area contributed by atoms with Gasteiger partial charge in [-0.15, -0.1) is 0 Å². The van der Waals surface area contributed by atoms with Crippen molar-refractivity contribution in [2.45, 2.75) is 39.9 Å². The van der Waals surface area contributed by atoms with Gasteiger partial charge in [-0.2, -0.15) is 0 Å². The van der Waals surface area contributed by atoms with Crippen LogP contribution in [0, 0.1) is 17.5 Å². The van der Waals surface area contributed by atoms with Crippen LogP contribution in [0.15, 0.2) is 65.8 Å². The highest BCUT2D eigenvalue weighted by Crippen LogP contribution is 2.35. The van der Waals surface area contributed by atoms with E-state index >= 15 is 4.39 Å². The van der Waals surface area contributed by atoms with Crippen LogP contribution < -0.4 is 10.6 Å². The Bertz CT molecular complexity index is 1720. The van der Waals surface area contributed by atoms with Gasteiger partial charge in [-0.3, -0.25) is 9.79 Å². The van der Waals surface area contributed by atoms with E-state index < -0.39 is 17.5 Å². The number of nitrogens with zero attached hydrogens (tertiary/aromatic N) is 4. The minimum Gasteiger partial charge on any atom is -0.335 e. The number of aromatic nitrogens is 2. The van der Waals surface area contributed by atoms with E-state index in [0.29, 0.717) is 46.2 Å². The van der Waals surface area contributed by atoms with Crippen LogP contribution in [0.1, 0.15) is 48.3 Å². The van der Waals surface area contributed by atoms with Crippen molar-refractivity contribution in [2.75, 3.05) is 18.4 Å². The van der Waals surface area contributed by atoms with Crippen LogP contribution in [0.5, 0.6) is 0 Å². The molecule has 2 aliphatic heterocycles. The number of aliphatic imine (C=N–C) groups is 1. The highest BCUT2D eigenvalue weighted by atomic mass is 35.5. The van der Waals surface area contributed by atoms with Gasteiger partial charge in [0.1, 0.15) is 17.5 Å². The maximum Gasteiger partial charge on any atom is 0.256 e. The fraction of sp³-hybridized carbons (Fsp3) is 0.250. The summed E-state index contributed by atoms with van der Waals surface area (Å²) in [5, 5.41) is 6.72. The lowest BCUT2D eigenvalue weighted by Crippen LogP contribution is -2.55. The summed E-state index contributed by atoms with van der Waals surface area (Å²) < 4.78 is 44.7. The van der Waals surface area contributed by atoms with Gasteiger partial charge in [0.25, 0.3) is 5.91 Å². The summed E-state index contributed by atoms with van der Waals surface area (Å²) in [4.78, 5) is 28.2. The van der Waals surface area contributed by atoms with Crippen LogP contribution in [0.2, 0.25) is 5.02 Å². The van der Waals surface area contributed by atoms with Crippen LogP contribution in [-0.2, 0) is 6.54 Å². The first-order chi connectivity index (χ1) is 20.2. The van der Waals surface area contributed by atoms with E-state index in [-0.39, 0.29) is 54.7 Å². The van der Waals surface area contributed by atoms with Gasteiger partial charge >= 0.3 is 0 Å². The molecule has 0 saturated carbocycles. The maximum absolute atomic E-state index is 15.2. The average molecular weight is 607 g/mol. The highest BCUT2D eigenvalue weighted by Gasteiger charge is 2.28. The zero-order valence-corrected chi connectivity index (χ0v) is 23.5. The van der Waals surface area contributed by atoms with Crippen molar-refractivity contribution >= 4 is 34.9 Å². The van der Waals surface area contributed by atoms with Crippen molar-refractivity contribution in [3.8, 4) is 11.3 Å². The molecule has 0 bridgehead atoms. The zero-order valence-electron chi connectivity index (χ0n) is 22.8. The number of rotatable bonds is 4. The normalized spacial score (nSPS) is 17.6. The van der Waals surface area contributed by atoms with Gasteiger partial charge in [0.15, 0.2) is 0 Å². The average Bonchev–Trinajstić information content (AvgIpc) is 3.09. The molecule has 1 fully saturated rings. The van der Waals surface area contributed by atoms with Crippen LogP contribution in [-0.4, -0.2) is 51.7 Å². The van der Waals surface area contributed by atoms with Crippen LogP contribution >= 0.6 is 11.6 Å². The molecule has 6 rings (SSSR count). The van der Waals surface area contributed by atoms with Crippen molar-refractivity contribution in [3.63, 3.8) is 0 Å². The Labute approximate surface area is 252 Å². The SMILES string of the molecule is C.CC1CN(C(=O)c2ccc(Nc3ncc4c(n3)-c3ccc(Cl)cc3C(c3c(F)cccc3F)=NC4)cc2F)CC(C)N1. The monoisotopic (exact) mass is 606 g/mol. The summed E-state index contributed by atoms with van der Waals surface area (Å²) in [7, 11) is 0. The van der Waals surface area contributed by atoms with Crippen molar-refractivity contribution in [1.29, 1.82) is 0 Å². The third-order valence-electron chi connectivity index (χ3n) is 7.26. The molecule has 2 N–H and O–H groups in total. The summed E-state index contributed by atoms with van der Waals surface area (Å²) in [6.07, 6.45) is 1.56. The molecule has 2 atom stereocenters. The van der Waals surface area contributed by atoms with E-state index in [2.05, 4.69) is 25.6 Å². The number of amides is 1. The van der Waals surface area contributed by atoms with Crippen LogP contribution in [0.25, 0.3) is 11.3 Å². The summed E-state index contributed by atoms with van der Waals surface area (Å²) >= 11 is 6.29. The Kier molecular flexibility index (Phi) is 8.52. The first-order valence-electron chi connectivity index (χ1n) is 13.4. The largest absolute Gasteiger partial charge is 0.335 e. The van der Waals surface area contributed by atoms with Gasteiger partial charge in [0, 0.05) is 58.8 Å². The molecule has 0 aliphatic carbocycles. The Morgan fingerprint density at radius 3 is 2.40 bits per heavy atom. The van der Waals surface area contributed by atoms with Gasteiger partial charge in [-0.25, -0.2) is 23.1 Å². The number of benzene rings is 3. The second kappa shape index (κ2) is 12.1. The molecule has 3 aromatic carbocycles. The molecule has 0 radical (unpaired) electrons. The molecule has 0 spiro atoms. The van der Waals surface area contributed by atoms with Gasteiger partial charge in [0.2, 0.25) is 5.95 Å². The lowest BCUT2D eigenvalue weighted by Gasteiger charge is -2.36. The Morgan fingerprint density at radius 2 is 1.70 bits per heavy atom. The van der Waals surface area contributed by atoms with Crippen LogP contribution in [0.4, 0.5) is 24.8 Å². The summed E-state index contributed by atoms with van der Waals surface area (Å²) in [5.74, 6) is -2.35. The fourth-order valence-corrected chi connectivity index (χ4v) is 5.65. The lowest BCUT2D eigenvalue weighted by atomic mass is 9.95. The second-order valence-electron chi connectivity index (χ2n) is 10.5. The van der Waals surface area contributed by atoms with E-state index in [1.54, 1.807) is 35.4 Å². The molecule has 1 aromatic heterocycles. The van der Waals surface area contributed by atoms with Gasteiger partial charge in [0.05, 0.1) is 29.1 Å². The van der Waals surface area contributed by atoms with E-state index in [1.807, 2.05) is 13.8 Å². The first kappa shape index (κ1) is 30.2. The van der Waals surface area contributed by atoms with Crippen molar-refractivity contribution in [3.05, 3.63) is 106 Å². The van der Waals surface area contributed by atoms with E-state index in [1.165, 1.54) is 30.3 Å². The number of halogens is 4. The van der Waals surface area contributed by atoms with Crippen molar-refractivity contribution < 1.29 is 18.0 Å². The number of carbonyl (C=O) groups excluding carboxylic acids is 1. The minimum atomic E-state index is -0.746. The van der Waals surface area contributed by atoms with E-state index in [4.69, 9.17) is 11.6 Å². The summed E-state index contributed by atoms with van der Waals surface area (Å²) in [6, 6.07) is 13.1. The Morgan fingerprint density at radius 1 is 0.977 bits per heavy atom. The number of nitrogens with one attached hydrogen (secondary N) is 2. The number of carbonyl (C=O) groups is 1. The molecular weight excluding hydrogens is 577 g/mol. The Balaban J connectivity index is 0.00000368. The third-order valence-corrected chi connectivity index (χ3v) is 7.50. The van der Waals surface area contributed by atoms with Gasteiger partial charge < -0.3 is 15.5 Å². The highest BCUT2D eigenvalue weighted by molar-refractivity contribution is 6.31. The van der Waals surface area contributed by atoms with Crippen molar-refractivity contribution in [2.24, 2.45) is 4.99 Å². The molecule has 1 amide bonds. The molecule has 4 aromatic rings. The Hall–Kier alpha value is -4.28. The standard InChI is InChI=1S/C31H26ClF3N6O.CH4/c1-16-14-41(15-17(2)38-16)30(42)22-9-7-20(11-26(22)35)39-31-37-13-18-12-36-29(27-24(33)4-3-5-25(27)34)23-10-19(32)6-8-21(23)28(18)40-31;/h3-11,13,16-17,38H,12,14-15H2,1-2H3,(H,37,39,40);1H4. The number of anilines is 2. The quantitative estimate of drug-likeness (QED) is 0.268. The van der Waals surface area contributed by atoms with Gasteiger partial charge in [-0.1, -0.05) is 31.2 Å². The molecule has 43 heavy (non-hydrogen) atoms. The second-order valence-corrected chi connectivity index (χ2v) is 11.0. The van der Waals surface area contributed by atoms with Crippen molar-refractivity contribution in [1.82, 2.24) is 20.2 Å². The molecule has 11 heteroatoms. The maximum atomic E-state index is 15.2. The smallest absolute Gasteiger partial charge is 0.256 e. The predicted molar refractivity (Wildman–Crippen MR) is 163 cm³/mol. The van der Waals surface area contributed by atoms with Gasteiger partial charge in [-0.05, 0) is 56.3 Å². The number of hydrogen-bond acceptors (Lipinski definition) is 6. The van der Waals surface area contributed by atoms with E-state index in [0.717, 1.165) is 0 Å². The fourth-order valence-electron chi connectivity index (χ4n) is 5.48. The third kappa shape index (κ3) is 5.98. The predicted octanol–water partition coefficient (Wildman–Crippen LogP) is 6.77. The molecular formula is C32H30ClF3N6O. The molecule has 1 saturated heterocycles. The first-order valence-corrected chi connectivity index (χ1v) is 13.8. The molecule has 222 valence electrons. The number of hydrogen-bond donors (Lipinski definition) is 2. The molecule has 2 unspecified atom stereocenters. The summed E-state index contributed by atoms with van der Waals surface area (Å²) in [6.45, 7) is 5.02. The topological polar surface area (TPSA) is 82.5 Å². The molecule has 2 aliphatic rings. The molecule has 7 nitrogen and oxygen atoms in total. The zero-order chi connectivity index (χ0) is 29.5. The summed E-state index contributed by atoms with van der Waals surface area (Å²) in [5.41, 5.74) is 2.29. The van der Waals surface area contributed by atoms with Crippen LogP contribution in [0.3, 0.4) is 0 Å². The number of fused-ring (bicyclic) bond motifs is 3. The minimum absolute atomic E-state index is 0. The number of piperazine rings is 1. The van der Waals surface area contributed by atoms with E-state index in [9.17, 15) is 13.6 Å².